The van der Waals surface area contributed by atoms with Crippen molar-refractivity contribution in [1.82, 2.24) is 10.3 Å². The molecule has 1 aromatic carbocycles. The first kappa shape index (κ1) is 21.1. The zero-order valence-corrected chi connectivity index (χ0v) is 19.2. The third-order valence-electron chi connectivity index (χ3n) is 7.99. The summed E-state index contributed by atoms with van der Waals surface area (Å²) in [6, 6.07) is 6.86. The van der Waals surface area contributed by atoms with Crippen LogP contribution in [0.2, 0.25) is 0 Å². The summed E-state index contributed by atoms with van der Waals surface area (Å²) in [5, 5.41) is 15.5. The van der Waals surface area contributed by atoms with Crippen LogP contribution in [-0.4, -0.2) is 28.1 Å². The maximum atomic E-state index is 13.3. The summed E-state index contributed by atoms with van der Waals surface area (Å²) in [5.74, 6) is -0.152. The summed E-state index contributed by atoms with van der Waals surface area (Å²) in [6.45, 7) is 6.45. The number of hydrogen-bond donors (Lipinski definition) is 2. The van der Waals surface area contributed by atoms with Gasteiger partial charge in [0.2, 0.25) is 5.91 Å². The number of carbonyl (C=O) groups is 1. The predicted molar refractivity (Wildman–Crippen MR) is 120 cm³/mol. The average molecular weight is 443 g/mol. The molecule has 2 fully saturated rings. The van der Waals surface area contributed by atoms with E-state index in [9.17, 15) is 14.3 Å². The molecule has 1 aromatic heterocycles. The van der Waals surface area contributed by atoms with E-state index in [0.717, 1.165) is 48.4 Å². The Hall–Kier alpha value is -1.79. The number of thiazole rings is 1. The minimum absolute atomic E-state index is 0.00161. The number of rotatable bonds is 4. The van der Waals surface area contributed by atoms with Gasteiger partial charge in [-0.1, -0.05) is 20.8 Å². The highest BCUT2D eigenvalue weighted by Gasteiger charge is 2.54. The van der Waals surface area contributed by atoms with Crippen LogP contribution in [-0.2, 0) is 11.2 Å². The van der Waals surface area contributed by atoms with Crippen LogP contribution in [0.3, 0.4) is 0 Å². The molecular weight excluding hydrogens is 411 g/mol. The summed E-state index contributed by atoms with van der Waals surface area (Å²) in [7, 11) is 0. The van der Waals surface area contributed by atoms with E-state index < -0.39 is 6.10 Å². The van der Waals surface area contributed by atoms with E-state index in [2.05, 4.69) is 19.2 Å². The molecule has 0 saturated heterocycles. The molecule has 6 atom stereocenters. The number of aromatic nitrogens is 1. The summed E-state index contributed by atoms with van der Waals surface area (Å²) in [5.41, 5.74) is 2.01. The maximum absolute atomic E-state index is 13.3. The molecule has 4 nitrogen and oxygen atoms in total. The molecule has 0 bridgehead atoms. The number of fused-ring (bicyclic) bond motifs is 2. The third-order valence-corrected chi connectivity index (χ3v) is 9.11. The SMILES string of the molecule is CC(C(=O)NC1CC1)C1CCC2(C)Cc3sc(-c4ccc(F)cc4)nc3C(C)C2C1O. The van der Waals surface area contributed by atoms with E-state index in [1.807, 2.05) is 6.92 Å². The molecule has 2 N–H and O–H groups in total. The number of hydrogen-bond acceptors (Lipinski definition) is 4. The topological polar surface area (TPSA) is 62.2 Å². The van der Waals surface area contributed by atoms with Crippen LogP contribution >= 0.6 is 11.3 Å². The molecule has 6 heteroatoms. The number of benzene rings is 1. The normalized spacial score (nSPS) is 33.3. The molecular formula is C25H31FN2O2S. The summed E-state index contributed by atoms with van der Waals surface area (Å²) in [4.78, 5) is 18.9. The van der Waals surface area contributed by atoms with E-state index in [1.54, 1.807) is 23.5 Å². The fourth-order valence-electron chi connectivity index (χ4n) is 6.02. The van der Waals surface area contributed by atoms with Crippen molar-refractivity contribution in [2.45, 2.75) is 70.9 Å². The van der Waals surface area contributed by atoms with E-state index in [-0.39, 0.29) is 40.8 Å². The first-order valence-electron chi connectivity index (χ1n) is 11.5. The van der Waals surface area contributed by atoms with Gasteiger partial charge >= 0.3 is 0 Å². The van der Waals surface area contributed by atoms with Gasteiger partial charge in [0.15, 0.2) is 0 Å². The first-order chi connectivity index (χ1) is 14.8. The zero-order chi connectivity index (χ0) is 21.9. The van der Waals surface area contributed by atoms with Gasteiger partial charge in [0.1, 0.15) is 10.8 Å². The number of aliphatic hydroxyl groups is 1. The molecule has 0 aliphatic heterocycles. The molecule has 1 amide bonds. The number of aliphatic hydroxyl groups excluding tert-OH is 1. The van der Waals surface area contributed by atoms with Crippen molar-refractivity contribution in [2.24, 2.45) is 23.2 Å². The second-order valence-corrected chi connectivity index (χ2v) is 11.3. The fraction of sp³-hybridized carbons (Fsp3) is 0.600. The predicted octanol–water partition coefficient (Wildman–Crippen LogP) is 4.92. The Labute approximate surface area is 187 Å². The number of nitrogens with one attached hydrogen (secondary N) is 1. The van der Waals surface area contributed by atoms with Gasteiger partial charge in [-0.05, 0) is 73.6 Å². The van der Waals surface area contributed by atoms with Crippen molar-refractivity contribution in [2.75, 3.05) is 0 Å². The summed E-state index contributed by atoms with van der Waals surface area (Å²) >= 11 is 1.70. The van der Waals surface area contributed by atoms with Gasteiger partial charge in [-0.15, -0.1) is 11.3 Å². The van der Waals surface area contributed by atoms with Crippen LogP contribution in [0.4, 0.5) is 4.39 Å². The minimum Gasteiger partial charge on any atom is -0.392 e. The number of amides is 1. The van der Waals surface area contributed by atoms with Crippen LogP contribution in [0, 0.1) is 29.0 Å². The maximum Gasteiger partial charge on any atom is 0.223 e. The Balaban J connectivity index is 1.41. The van der Waals surface area contributed by atoms with Gasteiger partial charge in [-0.25, -0.2) is 9.37 Å². The Morgan fingerprint density at radius 3 is 2.68 bits per heavy atom. The number of halogens is 1. The standard InChI is InChI=1S/C25H31FN2O2S/c1-13(23(30)27-17-8-9-17)18-10-11-25(3)12-19-21(14(2)20(25)22(18)29)28-24(31-19)15-4-6-16(26)7-5-15/h4-7,13-14,17-18,20,22,29H,8-12H2,1-3H3,(H,27,30). The van der Waals surface area contributed by atoms with Crippen LogP contribution in [0.25, 0.3) is 10.6 Å². The van der Waals surface area contributed by atoms with Crippen molar-refractivity contribution >= 4 is 17.2 Å². The number of nitrogens with zero attached hydrogens (tertiary/aromatic N) is 1. The zero-order valence-electron chi connectivity index (χ0n) is 18.4. The second-order valence-electron chi connectivity index (χ2n) is 10.2. The Kier molecular flexibility index (Phi) is 5.21. The van der Waals surface area contributed by atoms with Gasteiger partial charge in [0, 0.05) is 28.3 Å². The van der Waals surface area contributed by atoms with E-state index in [4.69, 9.17) is 4.98 Å². The lowest BCUT2D eigenvalue weighted by Gasteiger charge is -2.53. The molecule has 166 valence electrons. The molecule has 5 rings (SSSR count). The van der Waals surface area contributed by atoms with E-state index in [1.165, 1.54) is 17.0 Å². The van der Waals surface area contributed by atoms with Crippen molar-refractivity contribution in [3.63, 3.8) is 0 Å². The monoisotopic (exact) mass is 442 g/mol. The van der Waals surface area contributed by atoms with Crippen LogP contribution < -0.4 is 5.32 Å². The largest absolute Gasteiger partial charge is 0.392 e. The lowest BCUT2D eigenvalue weighted by atomic mass is 9.53. The lowest BCUT2D eigenvalue weighted by Crippen LogP contribution is -2.53. The summed E-state index contributed by atoms with van der Waals surface area (Å²) in [6.07, 6.45) is 4.42. The third kappa shape index (κ3) is 3.72. The molecule has 0 spiro atoms. The van der Waals surface area contributed by atoms with Gasteiger partial charge in [0.25, 0.3) is 0 Å². The highest BCUT2D eigenvalue weighted by molar-refractivity contribution is 7.15. The van der Waals surface area contributed by atoms with E-state index >= 15 is 0 Å². The molecule has 3 aliphatic carbocycles. The Morgan fingerprint density at radius 2 is 2.00 bits per heavy atom. The van der Waals surface area contributed by atoms with Crippen LogP contribution in [0.1, 0.15) is 62.9 Å². The van der Waals surface area contributed by atoms with Gasteiger partial charge in [-0.3, -0.25) is 4.79 Å². The van der Waals surface area contributed by atoms with Crippen LogP contribution in [0.5, 0.6) is 0 Å². The van der Waals surface area contributed by atoms with Crippen molar-refractivity contribution in [3.8, 4) is 10.6 Å². The fourth-order valence-corrected chi connectivity index (χ4v) is 7.39. The minimum atomic E-state index is -0.516. The molecule has 1 heterocycles. The van der Waals surface area contributed by atoms with E-state index in [0.29, 0.717) is 6.04 Å². The highest BCUT2D eigenvalue weighted by Crippen LogP contribution is 2.57. The molecule has 0 radical (unpaired) electrons. The smallest absolute Gasteiger partial charge is 0.223 e. The average Bonchev–Trinajstić information content (AvgIpc) is 3.44. The van der Waals surface area contributed by atoms with Gasteiger partial charge in [-0.2, -0.15) is 0 Å². The molecule has 3 aliphatic rings. The van der Waals surface area contributed by atoms with Crippen molar-refractivity contribution in [1.29, 1.82) is 0 Å². The molecule has 31 heavy (non-hydrogen) atoms. The first-order valence-corrected chi connectivity index (χ1v) is 12.3. The van der Waals surface area contributed by atoms with Gasteiger partial charge in [0.05, 0.1) is 11.8 Å². The number of carbonyl (C=O) groups excluding carboxylic acids is 1. The van der Waals surface area contributed by atoms with Crippen LogP contribution in [0.15, 0.2) is 24.3 Å². The Morgan fingerprint density at radius 1 is 1.29 bits per heavy atom. The van der Waals surface area contributed by atoms with Crippen molar-refractivity contribution in [3.05, 3.63) is 40.7 Å². The van der Waals surface area contributed by atoms with Gasteiger partial charge < -0.3 is 10.4 Å². The van der Waals surface area contributed by atoms with Crippen molar-refractivity contribution < 1.29 is 14.3 Å². The second kappa shape index (κ2) is 7.66. The Bertz CT molecular complexity index is 986. The lowest BCUT2D eigenvalue weighted by molar-refractivity contribution is -0.134. The quantitative estimate of drug-likeness (QED) is 0.707. The molecule has 2 aromatic rings. The highest BCUT2D eigenvalue weighted by atomic mass is 32.1. The molecule has 2 saturated carbocycles. The summed E-state index contributed by atoms with van der Waals surface area (Å²) < 4.78 is 13.3. The molecule has 6 unspecified atom stereocenters.